The minimum absolute atomic E-state index is 0.0591. The fourth-order valence-electron chi connectivity index (χ4n) is 4.25. The van der Waals surface area contributed by atoms with E-state index >= 15 is 0 Å². The van der Waals surface area contributed by atoms with Crippen molar-refractivity contribution in [2.24, 2.45) is 5.73 Å². The van der Waals surface area contributed by atoms with E-state index in [9.17, 15) is 4.79 Å². The summed E-state index contributed by atoms with van der Waals surface area (Å²) in [7, 11) is 0. The van der Waals surface area contributed by atoms with E-state index in [0.29, 0.717) is 18.0 Å². The number of benzene rings is 3. The molecule has 0 spiro atoms. The molecular weight excluding hydrogens is 432 g/mol. The predicted octanol–water partition coefficient (Wildman–Crippen LogP) is 6.57. The van der Waals surface area contributed by atoms with Crippen molar-refractivity contribution in [3.05, 3.63) is 102 Å². The van der Waals surface area contributed by atoms with Gasteiger partial charge in [-0.15, -0.1) is 0 Å². The van der Waals surface area contributed by atoms with Gasteiger partial charge in [-0.1, -0.05) is 68.4 Å². The van der Waals surface area contributed by atoms with Crippen molar-refractivity contribution >= 4 is 11.6 Å². The van der Waals surface area contributed by atoms with Crippen LogP contribution in [0.25, 0.3) is 16.9 Å². The summed E-state index contributed by atoms with van der Waals surface area (Å²) in [6.07, 6.45) is 1.80. The van der Waals surface area contributed by atoms with Gasteiger partial charge in [0, 0.05) is 23.2 Å². The zero-order valence-corrected chi connectivity index (χ0v) is 21.2. The van der Waals surface area contributed by atoms with E-state index < -0.39 is 5.54 Å². The topological polar surface area (TPSA) is 64.2 Å². The summed E-state index contributed by atoms with van der Waals surface area (Å²) in [5, 5.41) is 4.78. The molecule has 0 aliphatic rings. The Kier molecular flexibility index (Phi) is 6.90. The van der Waals surface area contributed by atoms with Crippen molar-refractivity contribution < 1.29 is 4.79 Å². The van der Waals surface area contributed by atoms with Crippen LogP contribution in [-0.2, 0) is 6.54 Å². The minimum Gasteiger partial charge on any atom is -0.326 e. The van der Waals surface area contributed by atoms with E-state index in [0.717, 1.165) is 28.2 Å². The van der Waals surface area contributed by atoms with Crippen LogP contribution in [0.3, 0.4) is 0 Å². The van der Waals surface area contributed by atoms with Crippen molar-refractivity contribution in [2.45, 2.75) is 52.6 Å². The van der Waals surface area contributed by atoms with Crippen LogP contribution in [-0.4, -0.2) is 21.2 Å². The van der Waals surface area contributed by atoms with Gasteiger partial charge in [-0.3, -0.25) is 9.69 Å². The molecule has 0 aliphatic heterocycles. The Labute approximate surface area is 208 Å². The number of carbonyl (C=O) groups excluding carboxylic acids is 1. The van der Waals surface area contributed by atoms with Crippen LogP contribution < -0.4 is 10.6 Å². The summed E-state index contributed by atoms with van der Waals surface area (Å²) in [5.74, 6) is 0.374. The van der Waals surface area contributed by atoms with Gasteiger partial charge in [0.05, 0.1) is 23.3 Å². The van der Waals surface area contributed by atoms with Gasteiger partial charge in [0.1, 0.15) is 0 Å². The van der Waals surface area contributed by atoms with Gasteiger partial charge in [-0.25, -0.2) is 4.68 Å². The molecule has 0 atom stereocenters. The quantitative estimate of drug-likeness (QED) is 0.350. The van der Waals surface area contributed by atoms with Crippen LogP contribution in [0.5, 0.6) is 0 Å². The smallest absolute Gasteiger partial charge is 0.258 e. The van der Waals surface area contributed by atoms with Gasteiger partial charge in [-0.2, -0.15) is 5.10 Å². The number of hydrogen-bond acceptors (Lipinski definition) is 3. The molecule has 1 heterocycles. The van der Waals surface area contributed by atoms with E-state index in [-0.39, 0.29) is 5.91 Å². The zero-order chi connectivity index (χ0) is 25.2. The van der Waals surface area contributed by atoms with Crippen LogP contribution in [0, 0.1) is 0 Å². The summed E-state index contributed by atoms with van der Waals surface area (Å²) in [6, 6.07) is 26.0. The first-order chi connectivity index (χ1) is 16.7. The van der Waals surface area contributed by atoms with Crippen molar-refractivity contribution in [1.29, 1.82) is 0 Å². The predicted molar refractivity (Wildman–Crippen MR) is 144 cm³/mol. The number of aromatic nitrogens is 2. The second-order valence-electron chi connectivity index (χ2n) is 10.1. The van der Waals surface area contributed by atoms with Crippen molar-refractivity contribution in [2.75, 3.05) is 4.90 Å². The van der Waals surface area contributed by atoms with Crippen LogP contribution >= 0.6 is 0 Å². The third-order valence-electron chi connectivity index (χ3n) is 6.15. The minimum atomic E-state index is -0.475. The molecule has 0 unspecified atom stereocenters. The lowest BCUT2D eigenvalue weighted by Gasteiger charge is -2.35. The molecule has 35 heavy (non-hydrogen) atoms. The highest BCUT2D eigenvalue weighted by atomic mass is 16.2. The molecule has 1 amide bonds. The number of anilines is 1. The first kappa shape index (κ1) is 24.4. The summed E-state index contributed by atoms with van der Waals surface area (Å²) in [5.41, 5.74) is 11.9. The molecule has 2 N–H and O–H groups in total. The molecule has 0 saturated carbocycles. The number of carbonyl (C=O) groups is 1. The van der Waals surface area contributed by atoms with Crippen LogP contribution in [0.4, 0.5) is 5.69 Å². The molecule has 0 aliphatic carbocycles. The van der Waals surface area contributed by atoms with Crippen LogP contribution in [0.15, 0.2) is 85.1 Å². The number of nitrogens with zero attached hydrogens (tertiary/aromatic N) is 3. The highest BCUT2D eigenvalue weighted by Gasteiger charge is 2.33. The van der Waals surface area contributed by atoms with E-state index in [4.69, 9.17) is 10.8 Å². The molecule has 5 heteroatoms. The summed E-state index contributed by atoms with van der Waals surface area (Å²) in [4.78, 5) is 15.7. The molecule has 5 nitrogen and oxygen atoms in total. The second-order valence-corrected chi connectivity index (χ2v) is 10.1. The van der Waals surface area contributed by atoms with Crippen LogP contribution in [0.1, 0.15) is 62.0 Å². The number of amides is 1. The lowest BCUT2D eigenvalue weighted by molar-refractivity contribution is 0.0966. The Morgan fingerprint density at radius 1 is 0.943 bits per heavy atom. The molecule has 0 radical (unpaired) electrons. The highest BCUT2D eigenvalue weighted by molar-refractivity contribution is 6.08. The fraction of sp³-hybridized carbons (Fsp3) is 0.267. The average Bonchev–Trinajstić information content (AvgIpc) is 3.28. The normalized spacial score (nSPS) is 11.6. The standard InChI is InChI=1S/C30H34N4O/c1-21(2)23-13-15-24(16-14-23)28-27(20-32-34(28)26-17-11-22(19-31)12-18-26)33(30(3,4)5)29(35)25-9-7-6-8-10-25/h6-18,20-21H,19,31H2,1-5H3. The van der Waals surface area contributed by atoms with Gasteiger partial charge in [0.15, 0.2) is 0 Å². The maximum Gasteiger partial charge on any atom is 0.258 e. The lowest BCUT2D eigenvalue weighted by Crippen LogP contribution is -2.46. The maximum atomic E-state index is 13.8. The molecule has 180 valence electrons. The Bertz CT molecular complexity index is 1280. The number of nitrogens with two attached hydrogens (primary N) is 1. The molecule has 1 aromatic heterocycles. The summed E-state index contributed by atoms with van der Waals surface area (Å²) in [6.45, 7) is 11.0. The van der Waals surface area contributed by atoms with E-state index in [1.54, 1.807) is 6.20 Å². The molecule has 0 fully saturated rings. The van der Waals surface area contributed by atoms with Crippen molar-refractivity contribution in [3.8, 4) is 16.9 Å². The van der Waals surface area contributed by atoms with Crippen molar-refractivity contribution in [1.82, 2.24) is 9.78 Å². The average molecular weight is 467 g/mol. The Balaban J connectivity index is 1.93. The van der Waals surface area contributed by atoms with Gasteiger partial charge < -0.3 is 5.73 Å². The second kappa shape index (κ2) is 9.88. The largest absolute Gasteiger partial charge is 0.326 e. The molecule has 4 aromatic rings. The SMILES string of the molecule is CC(C)c1ccc(-c2c(N(C(=O)c3ccccc3)C(C)(C)C)cnn2-c2ccc(CN)cc2)cc1. The van der Waals surface area contributed by atoms with E-state index in [1.165, 1.54) is 5.56 Å². The summed E-state index contributed by atoms with van der Waals surface area (Å²) >= 11 is 0. The number of hydrogen-bond donors (Lipinski definition) is 1. The highest BCUT2D eigenvalue weighted by Crippen LogP contribution is 2.37. The van der Waals surface area contributed by atoms with E-state index in [2.05, 4.69) is 38.1 Å². The third kappa shape index (κ3) is 5.05. The van der Waals surface area contributed by atoms with Gasteiger partial charge in [0.25, 0.3) is 5.91 Å². The Morgan fingerprint density at radius 2 is 1.57 bits per heavy atom. The molecular formula is C30H34N4O. The molecule has 4 rings (SSSR count). The van der Waals surface area contributed by atoms with Crippen molar-refractivity contribution in [3.63, 3.8) is 0 Å². The Morgan fingerprint density at radius 3 is 2.11 bits per heavy atom. The first-order valence-electron chi connectivity index (χ1n) is 12.1. The fourth-order valence-corrected chi connectivity index (χ4v) is 4.25. The Hall–Kier alpha value is -3.70. The summed E-state index contributed by atoms with van der Waals surface area (Å²) < 4.78 is 1.91. The third-order valence-corrected chi connectivity index (χ3v) is 6.15. The van der Waals surface area contributed by atoms with E-state index in [1.807, 2.05) is 85.0 Å². The lowest BCUT2D eigenvalue weighted by atomic mass is 9.98. The van der Waals surface area contributed by atoms with Gasteiger partial charge >= 0.3 is 0 Å². The van der Waals surface area contributed by atoms with Gasteiger partial charge in [-0.05, 0) is 62.1 Å². The number of rotatable bonds is 6. The molecule has 0 saturated heterocycles. The maximum absolute atomic E-state index is 13.8. The van der Waals surface area contributed by atoms with Gasteiger partial charge in [0.2, 0.25) is 0 Å². The molecule has 0 bridgehead atoms. The zero-order valence-electron chi connectivity index (χ0n) is 21.2. The monoisotopic (exact) mass is 466 g/mol. The van der Waals surface area contributed by atoms with Crippen LogP contribution in [0.2, 0.25) is 0 Å². The first-order valence-corrected chi connectivity index (χ1v) is 12.1. The molecule has 3 aromatic carbocycles.